The minimum Gasteiger partial charge on any atom is -0.494 e. The van der Waals surface area contributed by atoms with Crippen LogP contribution < -0.4 is 4.74 Å². The number of rotatable bonds is 13. The van der Waals surface area contributed by atoms with Gasteiger partial charge in [-0.1, -0.05) is 41.5 Å². The number of halogens is 9. The van der Waals surface area contributed by atoms with E-state index in [4.69, 9.17) is 9.47 Å². The Balaban J connectivity index is 1.09. The van der Waals surface area contributed by atoms with Gasteiger partial charge in [-0.05, 0) is 123 Å². The Bertz CT molecular complexity index is 1190. The van der Waals surface area contributed by atoms with E-state index in [0.717, 1.165) is 61.2 Å². The summed E-state index contributed by atoms with van der Waals surface area (Å²) < 4.78 is 134. The van der Waals surface area contributed by atoms with Gasteiger partial charge in [0.1, 0.15) is 5.75 Å². The molecule has 0 N–H and O–H groups in total. The second-order valence-electron chi connectivity index (χ2n) is 14.3. The van der Waals surface area contributed by atoms with Gasteiger partial charge in [0.25, 0.3) is 0 Å². The quantitative estimate of drug-likeness (QED) is 0.114. The molecular weight excluding hydrogens is 691 g/mol. The second-order valence-corrected chi connectivity index (χ2v) is 17.1. The molecule has 0 amide bonds. The second kappa shape index (κ2) is 14.9. The Morgan fingerprint density at radius 2 is 1.56 bits per heavy atom. The van der Waals surface area contributed by atoms with Gasteiger partial charge in [-0.25, -0.2) is 0 Å². The van der Waals surface area contributed by atoms with E-state index in [1.807, 2.05) is 21.6 Å². The van der Waals surface area contributed by atoms with Crippen molar-refractivity contribution in [1.82, 2.24) is 0 Å². The molecule has 0 bridgehead atoms. The summed E-state index contributed by atoms with van der Waals surface area (Å²) >= 11 is 0. The molecule has 1 aromatic carbocycles. The van der Waals surface area contributed by atoms with Crippen molar-refractivity contribution in [2.24, 2.45) is 23.2 Å². The molecule has 4 aliphatic carbocycles. The van der Waals surface area contributed by atoms with Crippen LogP contribution in [-0.4, -0.2) is 61.1 Å². The maximum atomic E-state index is 13.1. The van der Waals surface area contributed by atoms with E-state index in [1.54, 1.807) is 0 Å². The Kier molecular flexibility index (Phi) is 11.9. The fourth-order valence-corrected chi connectivity index (χ4v) is 11.7. The van der Waals surface area contributed by atoms with E-state index in [1.165, 1.54) is 30.4 Å². The largest absolute Gasteiger partial charge is 0.494 e. The summed E-state index contributed by atoms with van der Waals surface area (Å²) in [4.78, 5) is 0. The monoisotopic (exact) mass is 736 g/mol. The summed E-state index contributed by atoms with van der Waals surface area (Å²) in [6.45, 7) is 3.43. The zero-order valence-corrected chi connectivity index (χ0v) is 28.9. The highest BCUT2D eigenvalue weighted by Gasteiger charge is 2.85. The highest BCUT2D eigenvalue weighted by molar-refractivity contribution is 8.76. The molecule has 3 fully saturated rings. The topological polar surface area (TPSA) is 27.7 Å². The number of fused-ring (bicyclic) bond motifs is 5. The van der Waals surface area contributed by atoms with Crippen LogP contribution in [0.25, 0.3) is 0 Å². The number of benzene rings is 1. The number of aryl methyl sites for hydroxylation is 1. The van der Waals surface area contributed by atoms with Gasteiger partial charge in [0, 0.05) is 17.6 Å². The molecule has 0 heterocycles. The van der Waals surface area contributed by atoms with Crippen molar-refractivity contribution >= 4 is 21.6 Å². The van der Waals surface area contributed by atoms with Gasteiger partial charge in [0.05, 0.1) is 19.3 Å². The SMILES string of the molecule is CC1CCC(SSCCCOc2ccc3c(c2)CCC2C3CC[C@@]3(C)C2CC[C@@H]3OCCCOC(C(F)(F)F)(C(F)(F)F)C(F)(F)F)C1. The van der Waals surface area contributed by atoms with Crippen molar-refractivity contribution < 1.29 is 53.7 Å². The molecule has 5 unspecified atom stereocenters. The minimum atomic E-state index is -6.73. The predicted octanol–water partition coefficient (Wildman–Crippen LogP) is 11.1. The average molecular weight is 737 g/mol. The third-order valence-corrected chi connectivity index (χ3v) is 14.2. The van der Waals surface area contributed by atoms with E-state index in [9.17, 15) is 39.5 Å². The molecule has 48 heavy (non-hydrogen) atoms. The molecule has 4 aliphatic rings. The zero-order valence-electron chi connectivity index (χ0n) is 27.2. The summed E-state index contributed by atoms with van der Waals surface area (Å²) in [7, 11) is 3.97. The third kappa shape index (κ3) is 7.76. The highest BCUT2D eigenvalue weighted by Crippen LogP contribution is 2.62. The van der Waals surface area contributed by atoms with Gasteiger partial charge < -0.3 is 14.2 Å². The molecule has 0 radical (unpaired) electrons. The van der Waals surface area contributed by atoms with E-state index < -0.39 is 37.2 Å². The van der Waals surface area contributed by atoms with Gasteiger partial charge in [0.15, 0.2) is 0 Å². The lowest BCUT2D eigenvalue weighted by Crippen LogP contribution is -2.67. The first-order valence-electron chi connectivity index (χ1n) is 17.0. The standard InChI is InChI=1S/C34H45F9O3S2/c1-21-5-8-24(19-21)48-47-18-4-16-44-23-7-10-25-22(20-23)6-9-27-26(25)13-14-30(2)28(27)11-12-29(30)45-15-3-17-46-31(32(35,36)37,33(38,39)40)34(41,42)43/h7,10,20-21,24,26-29H,3-6,8-9,11-19H2,1-2H3/t21?,24?,26?,27?,28?,29-,30-/m0/s1. The van der Waals surface area contributed by atoms with Crippen LogP contribution in [0.15, 0.2) is 18.2 Å². The third-order valence-electron chi connectivity index (χ3n) is 11.2. The average Bonchev–Trinajstić information content (AvgIpc) is 3.56. The Morgan fingerprint density at radius 3 is 2.23 bits per heavy atom. The molecule has 0 aliphatic heterocycles. The van der Waals surface area contributed by atoms with E-state index in [0.29, 0.717) is 30.8 Å². The molecule has 0 aromatic heterocycles. The smallest absolute Gasteiger partial charge is 0.435 e. The van der Waals surface area contributed by atoms with E-state index in [2.05, 4.69) is 36.8 Å². The maximum Gasteiger partial charge on any atom is 0.435 e. The van der Waals surface area contributed by atoms with E-state index >= 15 is 0 Å². The van der Waals surface area contributed by atoms with E-state index in [-0.39, 0.29) is 18.1 Å². The Hall–Kier alpha value is -0.990. The van der Waals surface area contributed by atoms with Crippen LogP contribution in [0.4, 0.5) is 39.5 Å². The molecule has 0 saturated heterocycles. The first-order chi connectivity index (χ1) is 22.5. The summed E-state index contributed by atoms with van der Waals surface area (Å²) in [6.07, 6.45) is -10.8. The highest BCUT2D eigenvalue weighted by atomic mass is 33.1. The molecule has 1 aromatic rings. The molecule has 7 atom stereocenters. The molecule has 3 saturated carbocycles. The summed E-state index contributed by atoms with van der Waals surface area (Å²) in [5.74, 6) is 3.95. The van der Waals surface area contributed by atoms with Crippen molar-refractivity contribution in [2.75, 3.05) is 25.6 Å². The van der Waals surface area contributed by atoms with Crippen LogP contribution in [0.2, 0.25) is 0 Å². The van der Waals surface area contributed by atoms with Gasteiger partial charge >= 0.3 is 24.1 Å². The van der Waals surface area contributed by atoms with Crippen molar-refractivity contribution in [1.29, 1.82) is 0 Å². The van der Waals surface area contributed by atoms with Crippen LogP contribution in [0, 0.1) is 23.2 Å². The molecule has 5 rings (SSSR count). The van der Waals surface area contributed by atoms with Crippen LogP contribution in [-0.2, 0) is 15.9 Å². The van der Waals surface area contributed by atoms with Crippen LogP contribution in [0.3, 0.4) is 0 Å². The first kappa shape index (κ1) is 38.2. The lowest BCUT2D eigenvalue weighted by molar-refractivity contribution is -0.457. The minimum absolute atomic E-state index is 0.234. The lowest BCUT2D eigenvalue weighted by Gasteiger charge is -2.50. The van der Waals surface area contributed by atoms with Gasteiger partial charge in [-0.2, -0.15) is 39.5 Å². The van der Waals surface area contributed by atoms with Crippen molar-refractivity contribution in [3.05, 3.63) is 29.3 Å². The number of alkyl halides is 9. The van der Waals surface area contributed by atoms with Crippen molar-refractivity contribution in [2.45, 2.75) is 126 Å². The van der Waals surface area contributed by atoms with Gasteiger partial charge in [-0.3, -0.25) is 0 Å². The van der Waals surface area contributed by atoms with Gasteiger partial charge in [0.2, 0.25) is 0 Å². The van der Waals surface area contributed by atoms with Crippen LogP contribution >= 0.6 is 21.6 Å². The van der Waals surface area contributed by atoms with Crippen LogP contribution in [0.1, 0.15) is 95.1 Å². The summed E-state index contributed by atoms with van der Waals surface area (Å²) in [5.41, 5.74) is -3.81. The normalized spacial score (nSPS) is 31.0. The number of ether oxygens (including phenoxy) is 3. The first-order valence-corrected chi connectivity index (χ1v) is 19.4. The maximum absolute atomic E-state index is 13.1. The Labute approximate surface area is 284 Å². The fourth-order valence-electron chi connectivity index (χ4n) is 8.81. The molecule has 274 valence electrons. The van der Waals surface area contributed by atoms with Crippen LogP contribution in [0.5, 0.6) is 5.75 Å². The fraction of sp³-hybridized carbons (Fsp3) is 0.824. The number of hydrogen-bond acceptors (Lipinski definition) is 5. The molecule has 3 nitrogen and oxygen atoms in total. The summed E-state index contributed by atoms with van der Waals surface area (Å²) in [6, 6.07) is 6.43. The zero-order chi connectivity index (χ0) is 35.0. The molecular formula is C34H45F9O3S2. The van der Waals surface area contributed by atoms with Crippen molar-refractivity contribution in [3.63, 3.8) is 0 Å². The molecule has 14 heteroatoms. The number of hydrogen-bond donors (Lipinski definition) is 0. The molecule has 0 spiro atoms. The lowest BCUT2D eigenvalue weighted by atomic mass is 9.55. The summed E-state index contributed by atoms with van der Waals surface area (Å²) in [5, 5.41) is 0.784. The Morgan fingerprint density at radius 1 is 0.833 bits per heavy atom. The predicted molar refractivity (Wildman–Crippen MR) is 169 cm³/mol. The van der Waals surface area contributed by atoms with Crippen molar-refractivity contribution in [3.8, 4) is 5.75 Å². The van der Waals surface area contributed by atoms with Gasteiger partial charge in [-0.15, -0.1) is 0 Å².